The second-order valence-electron chi connectivity index (χ2n) is 4.30. The van der Waals surface area contributed by atoms with Gasteiger partial charge < -0.3 is 10.5 Å². The molecular formula is C14H22FNO. The lowest BCUT2D eigenvalue weighted by molar-refractivity contribution is 0.304. The van der Waals surface area contributed by atoms with Crippen LogP contribution in [0.3, 0.4) is 0 Å². The molecule has 0 saturated heterocycles. The molecule has 1 rings (SSSR count). The maximum atomic E-state index is 12.9. The Morgan fingerprint density at radius 2 is 1.82 bits per heavy atom. The molecule has 0 radical (unpaired) electrons. The quantitative estimate of drug-likeness (QED) is 0.546. The molecule has 2 nitrogen and oxygen atoms in total. The molecule has 17 heavy (non-hydrogen) atoms. The summed E-state index contributed by atoms with van der Waals surface area (Å²) < 4.78 is 18.4. The lowest BCUT2D eigenvalue weighted by Crippen LogP contribution is -1.99. The maximum absolute atomic E-state index is 12.9. The summed E-state index contributed by atoms with van der Waals surface area (Å²) in [5, 5.41) is 0. The molecule has 0 unspecified atom stereocenters. The van der Waals surface area contributed by atoms with Gasteiger partial charge in [0.1, 0.15) is 11.6 Å². The Morgan fingerprint density at radius 1 is 1.12 bits per heavy atom. The minimum Gasteiger partial charge on any atom is -0.494 e. The summed E-state index contributed by atoms with van der Waals surface area (Å²) in [5.74, 6) is 0.259. The summed E-state index contributed by atoms with van der Waals surface area (Å²) >= 11 is 0. The van der Waals surface area contributed by atoms with Crippen molar-refractivity contribution in [2.45, 2.75) is 45.4 Å². The minimum absolute atomic E-state index is 0.144. The van der Waals surface area contributed by atoms with Gasteiger partial charge in [0, 0.05) is 6.07 Å². The van der Waals surface area contributed by atoms with Crippen molar-refractivity contribution >= 4 is 5.69 Å². The van der Waals surface area contributed by atoms with Gasteiger partial charge in [0.05, 0.1) is 12.3 Å². The highest BCUT2D eigenvalue weighted by Crippen LogP contribution is 2.18. The average Bonchev–Trinajstić information content (AvgIpc) is 2.32. The van der Waals surface area contributed by atoms with Crippen LogP contribution in [0.5, 0.6) is 5.75 Å². The first-order chi connectivity index (χ1) is 8.24. The van der Waals surface area contributed by atoms with Crippen molar-refractivity contribution in [1.29, 1.82) is 0 Å². The largest absolute Gasteiger partial charge is 0.494 e. The van der Waals surface area contributed by atoms with E-state index in [9.17, 15) is 4.39 Å². The van der Waals surface area contributed by atoms with Gasteiger partial charge in [-0.1, -0.05) is 39.0 Å². The van der Waals surface area contributed by atoms with Crippen molar-refractivity contribution in [2.75, 3.05) is 12.3 Å². The SMILES string of the molecule is CCCCCCCCOc1ccc(F)c(N)c1. The lowest BCUT2D eigenvalue weighted by atomic mass is 10.1. The number of nitrogens with two attached hydrogens (primary N) is 1. The van der Waals surface area contributed by atoms with Gasteiger partial charge in [-0.3, -0.25) is 0 Å². The van der Waals surface area contributed by atoms with E-state index in [2.05, 4.69) is 6.92 Å². The van der Waals surface area contributed by atoms with Gasteiger partial charge in [-0.05, 0) is 18.6 Å². The molecule has 96 valence electrons. The molecule has 0 spiro atoms. The summed E-state index contributed by atoms with van der Waals surface area (Å²) in [5.41, 5.74) is 5.59. The summed E-state index contributed by atoms with van der Waals surface area (Å²) in [6.45, 7) is 2.89. The van der Waals surface area contributed by atoms with E-state index in [-0.39, 0.29) is 5.69 Å². The Morgan fingerprint density at radius 3 is 2.53 bits per heavy atom. The first-order valence-electron chi connectivity index (χ1n) is 6.42. The summed E-state index contributed by atoms with van der Waals surface area (Å²) in [6.07, 6.45) is 7.39. The minimum atomic E-state index is -0.392. The van der Waals surface area contributed by atoms with Crippen molar-refractivity contribution < 1.29 is 9.13 Å². The van der Waals surface area contributed by atoms with Crippen LogP contribution in [0.2, 0.25) is 0 Å². The number of nitrogen functional groups attached to an aromatic ring is 1. The normalized spacial score (nSPS) is 10.5. The number of ether oxygens (including phenoxy) is 1. The van der Waals surface area contributed by atoms with Gasteiger partial charge in [-0.2, -0.15) is 0 Å². The zero-order valence-corrected chi connectivity index (χ0v) is 10.5. The number of hydrogen-bond donors (Lipinski definition) is 1. The van der Waals surface area contributed by atoms with E-state index < -0.39 is 5.82 Å². The third-order valence-electron chi connectivity index (χ3n) is 2.73. The highest BCUT2D eigenvalue weighted by Gasteiger charge is 2.00. The molecule has 1 aromatic rings. The molecule has 1 aromatic carbocycles. The third-order valence-corrected chi connectivity index (χ3v) is 2.73. The van der Waals surface area contributed by atoms with E-state index in [1.54, 1.807) is 6.07 Å². The number of unbranched alkanes of at least 4 members (excludes halogenated alkanes) is 5. The molecule has 0 saturated carbocycles. The predicted molar refractivity (Wildman–Crippen MR) is 69.7 cm³/mol. The molecule has 0 bridgehead atoms. The molecule has 0 aliphatic carbocycles. The van der Waals surface area contributed by atoms with Gasteiger partial charge in [0.25, 0.3) is 0 Å². The maximum Gasteiger partial charge on any atom is 0.146 e. The van der Waals surface area contributed by atoms with Crippen LogP contribution in [0, 0.1) is 5.82 Å². The van der Waals surface area contributed by atoms with Gasteiger partial charge in [0.15, 0.2) is 0 Å². The Balaban J connectivity index is 2.11. The van der Waals surface area contributed by atoms with E-state index >= 15 is 0 Å². The van der Waals surface area contributed by atoms with Crippen LogP contribution >= 0.6 is 0 Å². The third kappa shape index (κ3) is 5.57. The first-order valence-corrected chi connectivity index (χ1v) is 6.42. The fourth-order valence-electron chi connectivity index (χ4n) is 1.68. The van der Waals surface area contributed by atoms with Crippen LogP contribution in [0.25, 0.3) is 0 Å². The van der Waals surface area contributed by atoms with Crippen LogP contribution in [0.1, 0.15) is 45.4 Å². The van der Waals surface area contributed by atoms with Gasteiger partial charge in [0.2, 0.25) is 0 Å². The number of anilines is 1. The van der Waals surface area contributed by atoms with E-state index in [0.29, 0.717) is 12.4 Å². The van der Waals surface area contributed by atoms with Crippen molar-refractivity contribution in [2.24, 2.45) is 0 Å². The van der Waals surface area contributed by atoms with Crippen molar-refractivity contribution in [3.63, 3.8) is 0 Å². The topological polar surface area (TPSA) is 35.2 Å². The zero-order valence-electron chi connectivity index (χ0n) is 10.5. The molecule has 0 heterocycles. The highest BCUT2D eigenvalue weighted by atomic mass is 19.1. The smallest absolute Gasteiger partial charge is 0.146 e. The molecular weight excluding hydrogens is 217 g/mol. The van der Waals surface area contributed by atoms with E-state index in [1.807, 2.05) is 0 Å². The molecule has 2 N–H and O–H groups in total. The monoisotopic (exact) mass is 239 g/mol. The van der Waals surface area contributed by atoms with E-state index in [4.69, 9.17) is 10.5 Å². The van der Waals surface area contributed by atoms with E-state index in [0.717, 1.165) is 6.42 Å². The fraction of sp³-hybridized carbons (Fsp3) is 0.571. The van der Waals surface area contributed by atoms with Crippen LogP contribution in [-0.4, -0.2) is 6.61 Å². The predicted octanol–water partition coefficient (Wildman–Crippen LogP) is 4.15. The van der Waals surface area contributed by atoms with Gasteiger partial charge >= 0.3 is 0 Å². The number of rotatable bonds is 8. The van der Waals surface area contributed by atoms with Crippen molar-refractivity contribution in [3.8, 4) is 5.75 Å². The average molecular weight is 239 g/mol. The van der Waals surface area contributed by atoms with Crippen LogP contribution in [-0.2, 0) is 0 Å². The first kappa shape index (κ1) is 13.8. The Labute approximate surface area is 103 Å². The molecule has 0 amide bonds. The zero-order chi connectivity index (χ0) is 12.5. The van der Waals surface area contributed by atoms with Crippen LogP contribution < -0.4 is 10.5 Å². The molecule has 0 aliphatic rings. The highest BCUT2D eigenvalue weighted by molar-refractivity contribution is 5.45. The van der Waals surface area contributed by atoms with Crippen molar-refractivity contribution in [1.82, 2.24) is 0 Å². The number of halogens is 1. The summed E-state index contributed by atoms with van der Waals surface area (Å²) in [7, 11) is 0. The Kier molecular flexibility index (Phi) is 6.45. The van der Waals surface area contributed by atoms with E-state index in [1.165, 1.54) is 44.2 Å². The summed E-state index contributed by atoms with van der Waals surface area (Å²) in [4.78, 5) is 0. The molecule has 3 heteroatoms. The van der Waals surface area contributed by atoms with Gasteiger partial charge in [-0.15, -0.1) is 0 Å². The summed E-state index contributed by atoms with van der Waals surface area (Å²) in [6, 6.07) is 4.49. The lowest BCUT2D eigenvalue weighted by Gasteiger charge is -2.07. The number of hydrogen-bond acceptors (Lipinski definition) is 2. The molecule has 0 atom stereocenters. The standard InChI is InChI=1S/C14H22FNO/c1-2-3-4-5-6-7-10-17-12-8-9-13(15)14(16)11-12/h8-9,11H,2-7,10,16H2,1H3. The van der Waals surface area contributed by atoms with Crippen LogP contribution in [0.4, 0.5) is 10.1 Å². The Hall–Kier alpha value is -1.25. The van der Waals surface area contributed by atoms with Gasteiger partial charge in [-0.25, -0.2) is 4.39 Å². The second kappa shape index (κ2) is 7.93. The Bertz CT molecular complexity index is 328. The molecule has 0 aliphatic heterocycles. The van der Waals surface area contributed by atoms with Crippen LogP contribution in [0.15, 0.2) is 18.2 Å². The molecule has 0 fully saturated rings. The second-order valence-corrected chi connectivity index (χ2v) is 4.30. The van der Waals surface area contributed by atoms with Crippen molar-refractivity contribution in [3.05, 3.63) is 24.0 Å². The fourth-order valence-corrected chi connectivity index (χ4v) is 1.68. The molecule has 0 aromatic heterocycles. The number of benzene rings is 1.